The lowest BCUT2D eigenvalue weighted by molar-refractivity contribution is -0.136. The van der Waals surface area contributed by atoms with Gasteiger partial charge in [-0.15, -0.1) is 0 Å². The van der Waals surface area contributed by atoms with E-state index in [9.17, 15) is 9.59 Å². The lowest BCUT2D eigenvalue weighted by Gasteiger charge is -2.15. The van der Waals surface area contributed by atoms with Crippen molar-refractivity contribution in [3.63, 3.8) is 0 Å². The molecule has 2 rings (SSSR count). The Morgan fingerprint density at radius 3 is 2.73 bits per heavy atom. The minimum Gasteiger partial charge on any atom is -0.466 e. The van der Waals surface area contributed by atoms with Crippen molar-refractivity contribution in [2.75, 3.05) is 32.1 Å². The van der Waals surface area contributed by atoms with Gasteiger partial charge in [0.1, 0.15) is 5.70 Å². The van der Waals surface area contributed by atoms with E-state index < -0.39 is 5.97 Å². The number of anilines is 1. The first-order valence-corrected chi connectivity index (χ1v) is 7.03. The molecule has 0 saturated heterocycles. The molecule has 0 atom stereocenters. The Kier molecular flexibility index (Phi) is 4.82. The molecule has 0 spiro atoms. The number of benzene rings is 1. The van der Waals surface area contributed by atoms with Crippen molar-refractivity contribution in [3.05, 3.63) is 40.6 Å². The van der Waals surface area contributed by atoms with Crippen LogP contribution in [0.4, 0.5) is 5.69 Å². The Morgan fingerprint density at radius 2 is 2.14 bits per heavy atom. The lowest BCUT2D eigenvalue weighted by atomic mass is 10.1. The maximum atomic E-state index is 12.4. The van der Waals surface area contributed by atoms with Gasteiger partial charge in [0.05, 0.1) is 25.8 Å². The molecule has 1 aliphatic heterocycles. The number of β-amino-alcohol motifs (C(OH)–C–C–N with tert-alkyl or cyclic N) is 1. The largest absolute Gasteiger partial charge is 0.466 e. The first-order chi connectivity index (χ1) is 10.5. The molecule has 1 aromatic carbocycles. The number of hydrogen-bond donors (Lipinski definition) is 2. The number of aliphatic hydroxyl groups is 1. The third-order valence-corrected chi connectivity index (χ3v) is 3.60. The molecule has 0 fully saturated rings. The minimum absolute atomic E-state index is 0.138. The molecule has 2 N–H and O–H groups in total. The first-order valence-electron chi connectivity index (χ1n) is 7.03. The van der Waals surface area contributed by atoms with Crippen LogP contribution in [0.15, 0.2) is 29.5 Å². The Hall–Kier alpha value is -2.34. The van der Waals surface area contributed by atoms with Crippen LogP contribution in [0.5, 0.6) is 0 Å². The van der Waals surface area contributed by atoms with E-state index >= 15 is 0 Å². The fourth-order valence-electron chi connectivity index (χ4n) is 2.44. The molecule has 0 aromatic heterocycles. The molecule has 118 valence electrons. The van der Waals surface area contributed by atoms with Crippen LogP contribution in [-0.2, 0) is 14.3 Å². The number of carbonyl (C=O) groups excluding carboxylic acids is 2. The summed E-state index contributed by atoms with van der Waals surface area (Å²) in [5.41, 5.74) is 3.35. The molecule has 6 heteroatoms. The second kappa shape index (κ2) is 6.62. The number of ether oxygens (including phenoxy) is 1. The van der Waals surface area contributed by atoms with Gasteiger partial charge in [-0.3, -0.25) is 4.79 Å². The van der Waals surface area contributed by atoms with Gasteiger partial charge in [0.15, 0.2) is 0 Å². The Balaban J connectivity index is 2.34. The molecular formula is C16H20N2O4. The zero-order valence-electron chi connectivity index (χ0n) is 13.0. The molecule has 0 aliphatic carbocycles. The number of esters is 1. The van der Waals surface area contributed by atoms with Crippen LogP contribution in [0, 0.1) is 13.8 Å². The van der Waals surface area contributed by atoms with Crippen molar-refractivity contribution < 1.29 is 19.4 Å². The van der Waals surface area contributed by atoms with Crippen LogP contribution in [-0.4, -0.2) is 48.7 Å². The van der Waals surface area contributed by atoms with Gasteiger partial charge >= 0.3 is 5.97 Å². The quantitative estimate of drug-likeness (QED) is 0.793. The Labute approximate surface area is 129 Å². The van der Waals surface area contributed by atoms with Gasteiger partial charge in [-0.1, -0.05) is 17.7 Å². The number of methoxy groups -OCH3 is 1. The first kappa shape index (κ1) is 16.0. The van der Waals surface area contributed by atoms with E-state index in [1.54, 1.807) is 0 Å². The molecule has 0 unspecified atom stereocenters. The summed E-state index contributed by atoms with van der Waals surface area (Å²) in [6.07, 6.45) is 0. The number of aliphatic hydroxyl groups excluding tert-OH is 1. The Bertz CT molecular complexity index is 637. The highest BCUT2D eigenvalue weighted by molar-refractivity contribution is 6.08. The number of amides is 1. The zero-order valence-corrected chi connectivity index (χ0v) is 13.0. The molecule has 1 heterocycles. The van der Waals surface area contributed by atoms with E-state index in [0.29, 0.717) is 0 Å². The Morgan fingerprint density at radius 1 is 1.41 bits per heavy atom. The van der Waals surface area contributed by atoms with Crippen molar-refractivity contribution in [1.82, 2.24) is 4.90 Å². The average Bonchev–Trinajstić information content (AvgIpc) is 2.79. The van der Waals surface area contributed by atoms with Gasteiger partial charge in [-0.2, -0.15) is 0 Å². The molecule has 0 saturated carbocycles. The third kappa shape index (κ3) is 3.12. The topological polar surface area (TPSA) is 78.9 Å². The summed E-state index contributed by atoms with van der Waals surface area (Å²) in [5.74, 6) is -0.851. The fourth-order valence-corrected chi connectivity index (χ4v) is 2.44. The van der Waals surface area contributed by atoms with Crippen LogP contribution < -0.4 is 5.32 Å². The van der Waals surface area contributed by atoms with Crippen molar-refractivity contribution in [2.24, 2.45) is 0 Å². The molecule has 22 heavy (non-hydrogen) atoms. The zero-order chi connectivity index (χ0) is 16.3. The summed E-state index contributed by atoms with van der Waals surface area (Å²) in [6, 6.07) is 5.79. The molecule has 0 bridgehead atoms. The maximum absolute atomic E-state index is 12.4. The van der Waals surface area contributed by atoms with E-state index in [0.717, 1.165) is 16.8 Å². The second-order valence-corrected chi connectivity index (χ2v) is 5.24. The smallest absolute Gasteiger partial charge is 0.337 e. The fraction of sp³-hybridized carbons (Fsp3) is 0.375. The predicted molar refractivity (Wildman–Crippen MR) is 82.2 cm³/mol. The standard InChI is InChI=1S/C16H20N2O4/c1-10-4-5-13(11(2)8-10)17-14-12(16(21)22-3)9-18(6-7-19)15(14)20/h4-5,8,17,19H,6-7,9H2,1-3H3. The van der Waals surface area contributed by atoms with Crippen molar-refractivity contribution >= 4 is 17.6 Å². The van der Waals surface area contributed by atoms with Crippen molar-refractivity contribution in [1.29, 1.82) is 0 Å². The van der Waals surface area contributed by atoms with Gasteiger partial charge in [0.25, 0.3) is 5.91 Å². The lowest BCUT2D eigenvalue weighted by Crippen LogP contribution is -2.31. The van der Waals surface area contributed by atoms with Crippen LogP contribution in [0.1, 0.15) is 11.1 Å². The number of hydrogen-bond acceptors (Lipinski definition) is 5. The number of rotatable bonds is 5. The number of aryl methyl sites for hydroxylation is 2. The summed E-state index contributed by atoms with van der Waals surface area (Å²) in [6.45, 7) is 4.08. The second-order valence-electron chi connectivity index (χ2n) is 5.24. The average molecular weight is 304 g/mol. The monoisotopic (exact) mass is 304 g/mol. The highest BCUT2D eigenvalue weighted by Crippen LogP contribution is 2.24. The van der Waals surface area contributed by atoms with Crippen LogP contribution in [0.2, 0.25) is 0 Å². The summed E-state index contributed by atoms with van der Waals surface area (Å²) >= 11 is 0. The van der Waals surface area contributed by atoms with Gasteiger partial charge in [0.2, 0.25) is 0 Å². The van der Waals surface area contributed by atoms with Crippen LogP contribution in [0.25, 0.3) is 0 Å². The summed E-state index contributed by atoms with van der Waals surface area (Å²) in [5, 5.41) is 12.1. The van der Waals surface area contributed by atoms with Gasteiger partial charge in [-0.05, 0) is 25.5 Å². The van der Waals surface area contributed by atoms with Crippen LogP contribution >= 0.6 is 0 Å². The molecule has 1 amide bonds. The predicted octanol–water partition coefficient (Wildman–Crippen LogP) is 0.977. The third-order valence-electron chi connectivity index (χ3n) is 3.60. The van der Waals surface area contributed by atoms with Gasteiger partial charge in [0, 0.05) is 12.2 Å². The van der Waals surface area contributed by atoms with Crippen LogP contribution in [0.3, 0.4) is 0 Å². The van der Waals surface area contributed by atoms with E-state index in [-0.39, 0.29) is 36.9 Å². The van der Waals surface area contributed by atoms with Gasteiger partial charge < -0.3 is 20.1 Å². The van der Waals surface area contributed by atoms with Crippen molar-refractivity contribution in [2.45, 2.75) is 13.8 Å². The number of nitrogens with zero attached hydrogens (tertiary/aromatic N) is 1. The molecule has 1 aliphatic rings. The summed E-state index contributed by atoms with van der Waals surface area (Å²) in [7, 11) is 1.28. The van der Waals surface area contributed by atoms with E-state index in [2.05, 4.69) is 5.32 Å². The normalized spacial score (nSPS) is 14.5. The number of carbonyl (C=O) groups is 2. The highest BCUT2D eigenvalue weighted by Gasteiger charge is 2.34. The van der Waals surface area contributed by atoms with E-state index in [1.165, 1.54) is 12.0 Å². The molecular weight excluding hydrogens is 284 g/mol. The SMILES string of the molecule is COC(=O)C1=C(Nc2ccc(C)cc2C)C(=O)N(CCO)C1. The molecule has 6 nitrogen and oxygen atoms in total. The highest BCUT2D eigenvalue weighted by atomic mass is 16.5. The van der Waals surface area contributed by atoms with E-state index in [1.807, 2.05) is 32.0 Å². The molecule has 0 radical (unpaired) electrons. The van der Waals surface area contributed by atoms with Gasteiger partial charge in [-0.25, -0.2) is 4.79 Å². The van der Waals surface area contributed by atoms with E-state index in [4.69, 9.17) is 9.84 Å². The maximum Gasteiger partial charge on any atom is 0.337 e. The number of nitrogens with one attached hydrogen (secondary N) is 1. The minimum atomic E-state index is -0.541. The van der Waals surface area contributed by atoms with Crippen molar-refractivity contribution in [3.8, 4) is 0 Å². The summed E-state index contributed by atoms with van der Waals surface area (Å²) in [4.78, 5) is 25.7. The molecule has 1 aromatic rings. The summed E-state index contributed by atoms with van der Waals surface area (Å²) < 4.78 is 4.75.